The Bertz CT molecular complexity index is 710. The molecule has 1 aromatic heterocycles. The summed E-state index contributed by atoms with van der Waals surface area (Å²) in [5.41, 5.74) is 2.37. The molecule has 1 heterocycles. The van der Waals surface area contributed by atoms with Crippen molar-refractivity contribution in [2.75, 3.05) is 6.26 Å². The first kappa shape index (κ1) is 12.6. The summed E-state index contributed by atoms with van der Waals surface area (Å²) in [5.74, 6) is 0.615. The van der Waals surface area contributed by atoms with Gasteiger partial charge in [0, 0.05) is 32.4 Å². The Morgan fingerprint density at radius 3 is 2.58 bits per heavy atom. The van der Waals surface area contributed by atoms with Gasteiger partial charge in [-0.05, 0) is 28.6 Å². The second kappa shape index (κ2) is 5.27. The molecule has 2 aromatic carbocycles. The van der Waals surface area contributed by atoms with E-state index in [-0.39, 0.29) is 0 Å². The van der Waals surface area contributed by atoms with Crippen LogP contribution in [-0.2, 0) is 16.6 Å². The van der Waals surface area contributed by atoms with Crippen molar-refractivity contribution in [3.05, 3.63) is 60.2 Å². The molecule has 3 heteroatoms. The maximum absolute atomic E-state index is 11.5. The molecule has 0 radical (unpaired) electrons. The van der Waals surface area contributed by atoms with E-state index in [9.17, 15) is 4.21 Å². The van der Waals surface area contributed by atoms with Gasteiger partial charge in [-0.2, -0.15) is 0 Å². The topological polar surface area (TPSA) is 17.1 Å². The lowest BCUT2D eigenvalue weighted by molar-refractivity contribution is 0.686. The monoisotopic (exact) mass is 286 g/mol. The summed E-state index contributed by atoms with van der Waals surface area (Å²) < 4.78 is 12.8. The average Bonchev–Trinajstić information content (AvgIpc) is 2.82. The van der Waals surface area contributed by atoms with Crippen LogP contribution in [0.2, 0.25) is 0 Å². The standard InChI is InChI=1S/C16H14OS2/c1-19(17)11-13-7-2-4-8-14(13)16-10-12-6-3-5-9-15(12)18-16/h2-10H,11H2,1H3/t19-/m1/s1. The highest BCUT2D eigenvalue weighted by molar-refractivity contribution is 7.83. The van der Waals surface area contributed by atoms with E-state index in [1.807, 2.05) is 12.1 Å². The summed E-state index contributed by atoms with van der Waals surface area (Å²) in [6.45, 7) is 0. The molecule has 0 amide bonds. The zero-order valence-electron chi connectivity index (χ0n) is 10.6. The van der Waals surface area contributed by atoms with Crippen molar-refractivity contribution < 1.29 is 4.21 Å². The van der Waals surface area contributed by atoms with E-state index in [2.05, 4.69) is 42.5 Å². The van der Waals surface area contributed by atoms with Gasteiger partial charge >= 0.3 is 0 Å². The quantitative estimate of drug-likeness (QED) is 0.695. The zero-order chi connectivity index (χ0) is 13.2. The highest BCUT2D eigenvalue weighted by Gasteiger charge is 2.09. The smallest absolute Gasteiger partial charge is 0.0489 e. The van der Waals surface area contributed by atoms with Crippen molar-refractivity contribution in [2.45, 2.75) is 5.75 Å². The lowest BCUT2D eigenvalue weighted by atomic mass is 10.1. The molecule has 0 saturated heterocycles. The summed E-state index contributed by atoms with van der Waals surface area (Å²) in [6.07, 6.45) is 1.75. The van der Waals surface area contributed by atoms with Crippen LogP contribution in [-0.4, -0.2) is 10.5 Å². The summed E-state index contributed by atoms with van der Waals surface area (Å²) in [6, 6.07) is 18.9. The molecule has 0 spiro atoms. The third-order valence-corrected chi connectivity index (χ3v) is 4.93. The van der Waals surface area contributed by atoms with Gasteiger partial charge in [0.25, 0.3) is 0 Å². The van der Waals surface area contributed by atoms with Crippen molar-refractivity contribution in [3.8, 4) is 10.4 Å². The normalized spacial score (nSPS) is 12.7. The minimum absolute atomic E-state index is 0.615. The van der Waals surface area contributed by atoms with Gasteiger partial charge < -0.3 is 0 Å². The molecule has 0 bridgehead atoms. The van der Waals surface area contributed by atoms with Crippen molar-refractivity contribution in [1.82, 2.24) is 0 Å². The highest BCUT2D eigenvalue weighted by Crippen LogP contribution is 2.35. The fraction of sp³-hybridized carbons (Fsp3) is 0.125. The molecular weight excluding hydrogens is 272 g/mol. The fourth-order valence-electron chi connectivity index (χ4n) is 2.22. The lowest BCUT2D eigenvalue weighted by Gasteiger charge is -2.05. The van der Waals surface area contributed by atoms with Crippen LogP contribution in [0.25, 0.3) is 20.5 Å². The highest BCUT2D eigenvalue weighted by atomic mass is 32.2. The van der Waals surface area contributed by atoms with Crippen molar-refractivity contribution in [3.63, 3.8) is 0 Å². The molecule has 0 aliphatic heterocycles. The van der Waals surface area contributed by atoms with Gasteiger partial charge in [0.1, 0.15) is 0 Å². The van der Waals surface area contributed by atoms with Gasteiger partial charge in [0.15, 0.2) is 0 Å². The lowest BCUT2D eigenvalue weighted by Crippen LogP contribution is -1.94. The first-order valence-electron chi connectivity index (χ1n) is 6.11. The molecule has 1 atom stereocenters. The molecule has 0 aliphatic carbocycles. The second-order valence-corrected chi connectivity index (χ2v) is 7.04. The van der Waals surface area contributed by atoms with Crippen molar-refractivity contribution >= 4 is 32.2 Å². The molecule has 0 fully saturated rings. The largest absolute Gasteiger partial charge is 0.260 e. The predicted octanol–water partition coefficient (Wildman–Crippen LogP) is 4.45. The molecule has 0 aliphatic rings. The third-order valence-electron chi connectivity index (χ3n) is 3.07. The maximum Gasteiger partial charge on any atom is 0.0489 e. The van der Waals surface area contributed by atoms with Gasteiger partial charge in [-0.3, -0.25) is 4.21 Å². The van der Waals surface area contributed by atoms with E-state index in [4.69, 9.17) is 0 Å². The number of hydrogen-bond acceptors (Lipinski definition) is 2. The molecule has 19 heavy (non-hydrogen) atoms. The van der Waals surface area contributed by atoms with E-state index < -0.39 is 10.8 Å². The van der Waals surface area contributed by atoms with Crippen LogP contribution >= 0.6 is 11.3 Å². The predicted molar refractivity (Wildman–Crippen MR) is 85.0 cm³/mol. The van der Waals surface area contributed by atoms with Crippen LogP contribution < -0.4 is 0 Å². The van der Waals surface area contributed by atoms with Crippen LogP contribution in [0.3, 0.4) is 0 Å². The first-order valence-corrected chi connectivity index (χ1v) is 8.65. The van der Waals surface area contributed by atoms with E-state index in [1.54, 1.807) is 17.6 Å². The Labute approximate surface area is 119 Å². The molecule has 1 nitrogen and oxygen atoms in total. The molecule has 3 aromatic rings. The molecule has 0 saturated carbocycles. The number of hydrogen-bond donors (Lipinski definition) is 0. The Kier molecular flexibility index (Phi) is 3.49. The minimum atomic E-state index is -0.814. The van der Waals surface area contributed by atoms with E-state index >= 15 is 0 Å². The minimum Gasteiger partial charge on any atom is -0.260 e. The second-order valence-electron chi connectivity index (χ2n) is 4.52. The van der Waals surface area contributed by atoms with Crippen LogP contribution in [0.1, 0.15) is 5.56 Å². The molecule has 0 unspecified atom stereocenters. The molecule has 3 rings (SSSR count). The average molecular weight is 286 g/mol. The van der Waals surface area contributed by atoms with Crippen molar-refractivity contribution in [1.29, 1.82) is 0 Å². The molecule has 0 N–H and O–H groups in total. The van der Waals surface area contributed by atoms with Crippen LogP contribution in [0.4, 0.5) is 0 Å². The summed E-state index contributed by atoms with van der Waals surface area (Å²) in [5, 5.41) is 1.27. The van der Waals surface area contributed by atoms with Gasteiger partial charge in [-0.1, -0.05) is 42.5 Å². The number of thiophene rings is 1. The van der Waals surface area contributed by atoms with E-state index in [1.165, 1.54) is 20.5 Å². The maximum atomic E-state index is 11.5. The van der Waals surface area contributed by atoms with Crippen LogP contribution in [0.5, 0.6) is 0 Å². The van der Waals surface area contributed by atoms with Gasteiger partial charge in [-0.15, -0.1) is 11.3 Å². The Balaban J connectivity index is 2.13. The van der Waals surface area contributed by atoms with Gasteiger partial charge in [0.05, 0.1) is 0 Å². The number of benzene rings is 2. The molecular formula is C16H14OS2. The zero-order valence-corrected chi connectivity index (χ0v) is 12.3. The van der Waals surface area contributed by atoms with E-state index in [0.29, 0.717) is 5.75 Å². The first-order chi connectivity index (χ1) is 9.24. The summed E-state index contributed by atoms with van der Waals surface area (Å²) in [4.78, 5) is 1.25. The Morgan fingerprint density at radius 1 is 1.05 bits per heavy atom. The fourth-order valence-corrected chi connectivity index (χ4v) is 4.03. The summed E-state index contributed by atoms with van der Waals surface area (Å²) in [7, 11) is -0.814. The Hall–Kier alpha value is -1.45. The molecule has 96 valence electrons. The number of rotatable bonds is 3. The van der Waals surface area contributed by atoms with E-state index in [0.717, 1.165) is 5.56 Å². The van der Waals surface area contributed by atoms with Gasteiger partial charge in [-0.25, -0.2) is 0 Å². The van der Waals surface area contributed by atoms with Gasteiger partial charge in [0.2, 0.25) is 0 Å². The SMILES string of the molecule is C[S@@](=O)Cc1ccccc1-c1cc2ccccc2s1. The summed E-state index contributed by atoms with van der Waals surface area (Å²) >= 11 is 1.79. The van der Waals surface area contributed by atoms with Crippen molar-refractivity contribution in [2.24, 2.45) is 0 Å². The Morgan fingerprint density at radius 2 is 1.79 bits per heavy atom. The van der Waals surface area contributed by atoms with Crippen LogP contribution in [0.15, 0.2) is 54.6 Å². The number of fused-ring (bicyclic) bond motifs is 1. The third kappa shape index (κ3) is 2.62. The van der Waals surface area contributed by atoms with Crippen LogP contribution in [0, 0.1) is 0 Å².